The van der Waals surface area contributed by atoms with Gasteiger partial charge in [-0.25, -0.2) is 0 Å². The van der Waals surface area contributed by atoms with Crippen LogP contribution in [0.1, 0.15) is 0 Å². The lowest BCUT2D eigenvalue weighted by molar-refractivity contribution is 0.567. The number of hydrogen-bond acceptors (Lipinski definition) is 1. The molecule has 71 valence electrons. The summed E-state index contributed by atoms with van der Waals surface area (Å²) in [4.78, 5) is 0. The lowest BCUT2D eigenvalue weighted by atomic mass is 10.0. The maximum Gasteiger partial charge on any atom is 0.134 e. The zero-order valence-corrected chi connectivity index (χ0v) is 8.10. The van der Waals surface area contributed by atoms with Crippen LogP contribution in [0.2, 0.25) is 0 Å². The minimum Gasteiger partial charge on any atom is -0.464 e. The highest BCUT2D eigenvalue weighted by atomic mass is 16.3. The number of benzene rings is 1. The molecule has 0 spiro atoms. The Hall–Kier alpha value is -2.02. The summed E-state index contributed by atoms with van der Waals surface area (Å²) >= 11 is 0. The second-order valence-electron chi connectivity index (χ2n) is 3.41. The molecule has 0 N–H and O–H groups in total. The van der Waals surface area contributed by atoms with Crippen LogP contribution in [0.15, 0.2) is 59.2 Å². The van der Waals surface area contributed by atoms with Gasteiger partial charge in [0.15, 0.2) is 0 Å². The Labute approximate surface area is 88.3 Å². The molecule has 0 fully saturated rings. The van der Waals surface area contributed by atoms with E-state index in [1.807, 2.05) is 30.3 Å². The van der Waals surface area contributed by atoms with Gasteiger partial charge in [0.2, 0.25) is 0 Å². The standard InChI is InChI=1S/C14H9O/c1-2-5-11(6-3-1)12-8-9-14-13(12)7-4-10-15-14/h1-5,7-10H. The van der Waals surface area contributed by atoms with Crippen molar-refractivity contribution in [1.82, 2.24) is 0 Å². The highest BCUT2D eigenvalue weighted by Gasteiger charge is 2.11. The first-order valence-electron chi connectivity index (χ1n) is 4.88. The monoisotopic (exact) mass is 193 g/mol. The summed E-state index contributed by atoms with van der Waals surface area (Å²) in [6.07, 6.45) is 1.70. The Kier molecular flexibility index (Phi) is 1.82. The van der Waals surface area contributed by atoms with Crippen LogP contribution in [0.25, 0.3) is 22.5 Å². The minimum absolute atomic E-state index is 0.921. The first kappa shape index (κ1) is 8.30. The molecule has 1 aromatic rings. The second-order valence-corrected chi connectivity index (χ2v) is 3.41. The Morgan fingerprint density at radius 1 is 0.867 bits per heavy atom. The summed E-state index contributed by atoms with van der Waals surface area (Å²) in [6, 6.07) is 19.2. The van der Waals surface area contributed by atoms with Crippen molar-refractivity contribution in [2.45, 2.75) is 0 Å². The molecule has 1 nitrogen and oxygen atoms in total. The second kappa shape index (κ2) is 3.28. The lowest BCUT2D eigenvalue weighted by Crippen LogP contribution is -1.77. The van der Waals surface area contributed by atoms with E-state index in [1.165, 1.54) is 5.56 Å². The zero-order valence-electron chi connectivity index (χ0n) is 8.10. The number of hydrogen-bond donors (Lipinski definition) is 0. The Morgan fingerprint density at radius 3 is 2.73 bits per heavy atom. The third kappa shape index (κ3) is 1.33. The van der Waals surface area contributed by atoms with Crippen LogP contribution in [0.3, 0.4) is 0 Å². The minimum atomic E-state index is 0.921. The molecule has 0 saturated carbocycles. The molecule has 0 amide bonds. The van der Waals surface area contributed by atoms with Crippen molar-refractivity contribution < 1.29 is 4.42 Å². The lowest BCUT2D eigenvalue weighted by Gasteiger charge is -2.02. The largest absolute Gasteiger partial charge is 0.464 e. The van der Waals surface area contributed by atoms with E-state index in [1.54, 1.807) is 6.26 Å². The summed E-state index contributed by atoms with van der Waals surface area (Å²) < 4.78 is 5.40. The van der Waals surface area contributed by atoms with Gasteiger partial charge in [-0.3, -0.25) is 0 Å². The zero-order chi connectivity index (χ0) is 10.1. The van der Waals surface area contributed by atoms with Crippen LogP contribution < -0.4 is 0 Å². The predicted octanol–water partition coefficient (Wildman–Crippen LogP) is 3.85. The van der Waals surface area contributed by atoms with Crippen molar-refractivity contribution in [3.63, 3.8) is 0 Å². The molecule has 1 aliphatic heterocycles. The van der Waals surface area contributed by atoms with Crippen LogP contribution in [-0.2, 0) is 0 Å². The summed E-state index contributed by atoms with van der Waals surface area (Å²) in [7, 11) is 0. The van der Waals surface area contributed by atoms with Crippen LogP contribution in [-0.4, -0.2) is 0 Å². The number of fused-ring (bicyclic) bond motifs is 1. The van der Waals surface area contributed by atoms with Crippen LogP contribution in [0.4, 0.5) is 0 Å². The topological polar surface area (TPSA) is 13.1 Å². The molecular formula is C14H9O. The first-order chi connectivity index (χ1) is 7.45. The molecule has 0 bridgehead atoms. The van der Waals surface area contributed by atoms with Gasteiger partial charge in [-0.1, -0.05) is 24.3 Å². The molecule has 1 heterocycles. The van der Waals surface area contributed by atoms with Gasteiger partial charge in [-0.2, -0.15) is 0 Å². The summed E-state index contributed by atoms with van der Waals surface area (Å²) in [6.45, 7) is 0. The molecule has 0 saturated heterocycles. The first-order valence-corrected chi connectivity index (χ1v) is 4.88. The third-order valence-electron chi connectivity index (χ3n) is 2.49. The smallest absolute Gasteiger partial charge is 0.134 e. The number of rotatable bonds is 1. The highest BCUT2D eigenvalue weighted by molar-refractivity contribution is 5.83. The van der Waals surface area contributed by atoms with E-state index in [0.717, 1.165) is 16.9 Å². The van der Waals surface area contributed by atoms with Crippen molar-refractivity contribution in [2.75, 3.05) is 0 Å². The van der Waals surface area contributed by atoms with Crippen molar-refractivity contribution >= 4 is 0 Å². The molecule has 1 aromatic carbocycles. The van der Waals surface area contributed by atoms with E-state index >= 15 is 0 Å². The summed E-state index contributed by atoms with van der Waals surface area (Å²) in [5.41, 5.74) is 3.42. The molecule has 1 aliphatic carbocycles. The average molecular weight is 193 g/mol. The van der Waals surface area contributed by atoms with Crippen LogP contribution in [0, 0.1) is 6.07 Å². The van der Waals surface area contributed by atoms with Gasteiger partial charge < -0.3 is 4.42 Å². The normalized spacial score (nSPS) is 10.7. The fourth-order valence-electron chi connectivity index (χ4n) is 1.79. The molecule has 1 heteroatoms. The van der Waals surface area contributed by atoms with Crippen molar-refractivity contribution in [2.24, 2.45) is 0 Å². The van der Waals surface area contributed by atoms with E-state index < -0.39 is 0 Å². The highest BCUT2D eigenvalue weighted by Crippen LogP contribution is 2.34. The molecule has 0 aromatic heterocycles. The molecule has 0 unspecified atom stereocenters. The maximum atomic E-state index is 5.40. The van der Waals surface area contributed by atoms with Crippen LogP contribution in [0.5, 0.6) is 0 Å². The van der Waals surface area contributed by atoms with E-state index in [0.29, 0.717) is 0 Å². The third-order valence-corrected chi connectivity index (χ3v) is 2.49. The van der Waals surface area contributed by atoms with Gasteiger partial charge in [0.1, 0.15) is 5.76 Å². The maximum absolute atomic E-state index is 5.40. The molecule has 0 atom stereocenters. The quantitative estimate of drug-likeness (QED) is 0.572. The van der Waals surface area contributed by atoms with E-state index in [-0.39, 0.29) is 0 Å². The van der Waals surface area contributed by atoms with E-state index in [9.17, 15) is 0 Å². The van der Waals surface area contributed by atoms with Gasteiger partial charge in [0, 0.05) is 5.56 Å². The van der Waals surface area contributed by atoms with Gasteiger partial charge in [-0.05, 0) is 41.5 Å². The van der Waals surface area contributed by atoms with Gasteiger partial charge in [-0.15, -0.1) is 0 Å². The van der Waals surface area contributed by atoms with Gasteiger partial charge in [0.25, 0.3) is 0 Å². The van der Waals surface area contributed by atoms with Crippen molar-refractivity contribution in [1.29, 1.82) is 0 Å². The molecule has 3 rings (SSSR count). The predicted molar refractivity (Wildman–Crippen MR) is 59.6 cm³/mol. The van der Waals surface area contributed by atoms with Gasteiger partial charge in [0.05, 0.1) is 6.26 Å². The summed E-state index contributed by atoms with van der Waals surface area (Å²) in [5.74, 6) is 0.921. The summed E-state index contributed by atoms with van der Waals surface area (Å²) in [5, 5.41) is 0. The molecular weight excluding hydrogens is 184 g/mol. The van der Waals surface area contributed by atoms with E-state index in [4.69, 9.17) is 4.42 Å². The molecule has 15 heavy (non-hydrogen) atoms. The fraction of sp³-hybridized carbons (Fsp3) is 0. The molecule has 2 aliphatic rings. The Morgan fingerprint density at radius 2 is 1.87 bits per heavy atom. The Bertz CT molecular complexity index is 536. The van der Waals surface area contributed by atoms with Crippen molar-refractivity contribution in [3.05, 3.63) is 60.9 Å². The fourth-order valence-corrected chi connectivity index (χ4v) is 1.79. The van der Waals surface area contributed by atoms with Crippen LogP contribution >= 0.6 is 0 Å². The molecule has 1 radical (unpaired) electrons. The van der Waals surface area contributed by atoms with Crippen molar-refractivity contribution in [3.8, 4) is 22.5 Å². The Balaban J connectivity index is 2.22. The van der Waals surface area contributed by atoms with E-state index in [2.05, 4.69) is 24.3 Å². The SMILES string of the molecule is [c]1ccccc1-c1ccc2occcc1-2. The average Bonchev–Trinajstić information content (AvgIpc) is 2.74. The van der Waals surface area contributed by atoms with Gasteiger partial charge >= 0.3 is 0 Å².